The van der Waals surface area contributed by atoms with Gasteiger partial charge in [0.15, 0.2) is 11.5 Å². The molecular weight excluding hydrogens is 402 g/mol. The van der Waals surface area contributed by atoms with Gasteiger partial charge in [0.25, 0.3) is 0 Å². The van der Waals surface area contributed by atoms with Crippen molar-refractivity contribution in [3.05, 3.63) is 52.6 Å². The Morgan fingerprint density at radius 3 is 2.87 bits per heavy atom. The van der Waals surface area contributed by atoms with E-state index in [1.54, 1.807) is 37.7 Å². The fourth-order valence-corrected chi connectivity index (χ4v) is 4.14. The van der Waals surface area contributed by atoms with Gasteiger partial charge in [-0.1, -0.05) is 6.07 Å². The summed E-state index contributed by atoms with van der Waals surface area (Å²) >= 11 is 1.59. The third kappa shape index (κ3) is 4.38. The lowest BCUT2D eigenvalue weighted by Gasteiger charge is -2.30. The van der Waals surface area contributed by atoms with Crippen molar-refractivity contribution in [2.24, 2.45) is 0 Å². The van der Waals surface area contributed by atoms with Crippen LogP contribution in [0.15, 0.2) is 45.5 Å². The minimum atomic E-state index is -0.0351. The van der Waals surface area contributed by atoms with Crippen LogP contribution >= 0.6 is 11.3 Å². The van der Waals surface area contributed by atoms with Crippen molar-refractivity contribution in [2.75, 3.05) is 27.3 Å². The van der Waals surface area contributed by atoms with Gasteiger partial charge in [-0.15, -0.1) is 10.2 Å². The fourth-order valence-electron chi connectivity index (χ4n) is 3.51. The molecule has 3 aromatic rings. The van der Waals surface area contributed by atoms with Gasteiger partial charge in [-0.2, -0.15) is 11.3 Å². The zero-order valence-corrected chi connectivity index (χ0v) is 17.7. The zero-order valence-electron chi connectivity index (χ0n) is 16.9. The summed E-state index contributed by atoms with van der Waals surface area (Å²) in [7, 11) is 3.18. The fraction of sp³-hybridized carbons (Fsp3) is 0.318. The van der Waals surface area contributed by atoms with E-state index in [4.69, 9.17) is 13.9 Å². The van der Waals surface area contributed by atoms with Crippen LogP contribution in [-0.4, -0.2) is 48.3 Å². The highest BCUT2D eigenvalue weighted by molar-refractivity contribution is 7.08. The molecule has 2 aromatic heterocycles. The molecule has 0 N–H and O–H groups in total. The monoisotopic (exact) mass is 425 g/mol. The van der Waals surface area contributed by atoms with Gasteiger partial charge in [-0.3, -0.25) is 4.79 Å². The van der Waals surface area contributed by atoms with Crippen LogP contribution in [0.5, 0.6) is 11.5 Å². The van der Waals surface area contributed by atoms with Crippen LogP contribution in [0.25, 0.3) is 17.5 Å². The Hall–Kier alpha value is -3.13. The van der Waals surface area contributed by atoms with E-state index in [9.17, 15) is 4.79 Å². The molecule has 0 saturated carbocycles. The molecule has 1 aliphatic rings. The predicted molar refractivity (Wildman–Crippen MR) is 115 cm³/mol. The normalized spacial score (nSPS) is 16.7. The van der Waals surface area contributed by atoms with Crippen LogP contribution < -0.4 is 9.47 Å². The van der Waals surface area contributed by atoms with Gasteiger partial charge in [0.1, 0.15) is 0 Å². The van der Waals surface area contributed by atoms with Crippen LogP contribution in [0.4, 0.5) is 0 Å². The standard InChI is InChI=1S/C22H23N3O4S/c1-27-18-7-5-15(12-19(18)28-2)6-8-20(26)25-10-3-4-16(13-25)21-23-24-22(29-21)17-9-11-30-14-17/h5-9,11-12,14,16H,3-4,10,13H2,1-2H3/b8-6+/t16-/m0/s1. The van der Waals surface area contributed by atoms with Crippen LogP contribution in [0.2, 0.25) is 0 Å². The van der Waals surface area contributed by atoms with Crippen molar-refractivity contribution in [2.45, 2.75) is 18.8 Å². The maximum atomic E-state index is 12.7. The minimum Gasteiger partial charge on any atom is -0.493 e. The second kappa shape index (κ2) is 9.13. The molecule has 1 aliphatic heterocycles. The summed E-state index contributed by atoms with van der Waals surface area (Å²) in [5.74, 6) is 2.42. The summed E-state index contributed by atoms with van der Waals surface area (Å²) in [6.45, 7) is 1.29. The number of nitrogens with zero attached hydrogens (tertiary/aromatic N) is 3. The number of thiophene rings is 1. The summed E-state index contributed by atoms with van der Waals surface area (Å²) in [6.07, 6.45) is 5.20. The Labute approximate surface area is 178 Å². The number of carbonyl (C=O) groups is 1. The lowest BCUT2D eigenvalue weighted by Crippen LogP contribution is -2.38. The molecule has 1 amide bonds. The minimum absolute atomic E-state index is 0.0351. The number of hydrogen-bond donors (Lipinski definition) is 0. The first-order chi connectivity index (χ1) is 14.7. The largest absolute Gasteiger partial charge is 0.493 e. The van der Waals surface area contributed by atoms with E-state index < -0.39 is 0 Å². The quantitative estimate of drug-likeness (QED) is 0.550. The Morgan fingerprint density at radius 1 is 1.23 bits per heavy atom. The van der Waals surface area contributed by atoms with Crippen LogP contribution in [0.3, 0.4) is 0 Å². The third-order valence-corrected chi connectivity index (χ3v) is 5.80. The molecule has 156 valence electrons. The molecule has 0 unspecified atom stereocenters. The highest BCUT2D eigenvalue weighted by Gasteiger charge is 2.27. The maximum absolute atomic E-state index is 12.7. The molecule has 0 aliphatic carbocycles. The zero-order chi connectivity index (χ0) is 20.9. The van der Waals surface area contributed by atoms with Crippen molar-refractivity contribution < 1.29 is 18.7 Å². The summed E-state index contributed by atoms with van der Waals surface area (Å²) < 4.78 is 16.4. The lowest BCUT2D eigenvalue weighted by atomic mass is 9.98. The first-order valence-corrected chi connectivity index (χ1v) is 10.7. The predicted octanol–water partition coefficient (Wildman–Crippen LogP) is 4.23. The van der Waals surface area contributed by atoms with Crippen molar-refractivity contribution in [1.82, 2.24) is 15.1 Å². The van der Waals surface area contributed by atoms with Crippen LogP contribution in [0, 0.1) is 0 Å². The van der Waals surface area contributed by atoms with E-state index in [0.29, 0.717) is 29.8 Å². The first-order valence-electron chi connectivity index (χ1n) is 9.73. The molecule has 4 rings (SSSR count). The van der Waals surface area contributed by atoms with Gasteiger partial charge in [0.05, 0.1) is 20.1 Å². The number of rotatable bonds is 6. The van der Waals surface area contributed by atoms with E-state index in [2.05, 4.69) is 10.2 Å². The molecule has 30 heavy (non-hydrogen) atoms. The Balaban J connectivity index is 1.42. The topological polar surface area (TPSA) is 77.7 Å². The number of likely N-dealkylation sites (tertiary alicyclic amines) is 1. The Morgan fingerprint density at radius 2 is 2.10 bits per heavy atom. The molecule has 1 saturated heterocycles. The molecule has 7 nitrogen and oxygen atoms in total. The number of hydrogen-bond acceptors (Lipinski definition) is 7. The van der Waals surface area contributed by atoms with Crippen LogP contribution in [-0.2, 0) is 4.79 Å². The van der Waals surface area contributed by atoms with Crippen LogP contribution in [0.1, 0.15) is 30.2 Å². The van der Waals surface area contributed by atoms with Crippen molar-refractivity contribution in [1.29, 1.82) is 0 Å². The smallest absolute Gasteiger partial charge is 0.248 e. The molecular formula is C22H23N3O4S. The number of ether oxygens (including phenoxy) is 2. The number of benzene rings is 1. The molecule has 3 heterocycles. The molecule has 0 spiro atoms. The highest BCUT2D eigenvalue weighted by Crippen LogP contribution is 2.30. The average molecular weight is 426 g/mol. The van der Waals surface area contributed by atoms with E-state index in [0.717, 1.165) is 30.5 Å². The lowest BCUT2D eigenvalue weighted by molar-refractivity contribution is -0.127. The number of methoxy groups -OCH3 is 2. The van der Waals surface area contributed by atoms with Gasteiger partial charge >= 0.3 is 0 Å². The van der Waals surface area contributed by atoms with E-state index in [1.807, 2.05) is 39.9 Å². The molecule has 8 heteroatoms. The molecule has 0 radical (unpaired) electrons. The third-order valence-electron chi connectivity index (χ3n) is 5.12. The van der Waals surface area contributed by atoms with Crippen molar-refractivity contribution in [3.8, 4) is 23.0 Å². The first kappa shape index (κ1) is 20.2. The number of piperidine rings is 1. The highest BCUT2D eigenvalue weighted by atomic mass is 32.1. The molecule has 1 atom stereocenters. The summed E-state index contributed by atoms with van der Waals surface area (Å²) in [6, 6.07) is 7.50. The number of carbonyl (C=O) groups excluding carboxylic acids is 1. The summed E-state index contributed by atoms with van der Waals surface area (Å²) in [4.78, 5) is 14.6. The van der Waals surface area contributed by atoms with E-state index in [1.165, 1.54) is 0 Å². The number of amides is 1. The molecule has 0 bridgehead atoms. The van der Waals surface area contributed by atoms with Crippen molar-refractivity contribution >= 4 is 23.3 Å². The van der Waals surface area contributed by atoms with Gasteiger partial charge < -0.3 is 18.8 Å². The second-order valence-corrected chi connectivity index (χ2v) is 7.81. The molecule has 1 aromatic carbocycles. The average Bonchev–Trinajstić information content (AvgIpc) is 3.49. The van der Waals surface area contributed by atoms with E-state index >= 15 is 0 Å². The van der Waals surface area contributed by atoms with Crippen molar-refractivity contribution in [3.63, 3.8) is 0 Å². The van der Waals surface area contributed by atoms with Gasteiger partial charge in [0, 0.05) is 30.1 Å². The Bertz CT molecular complexity index is 1030. The maximum Gasteiger partial charge on any atom is 0.248 e. The summed E-state index contributed by atoms with van der Waals surface area (Å²) in [5, 5.41) is 12.3. The Kier molecular flexibility index (Phi) is 6.13. The number of aromatic nitrogens is 2. The second-order valence-electron chi connectivity index (χ2n) is 7.03. The summed E-state index contributed by atoms with van der Waals surface area (Å²) in [5.41, 5.74) is 1.80. The van der Waals surface area contributed by atoms with Gasteiger partial charge in [-0.25, -0.2) is 0 Å². The SMILES string of the molecule is COc1ccc(/C=C/C(=O)N2CCC[C@H](c3nnc(-c4ccsc4)o3)C2)cc1OC. The molecule has 1 fully saturated rings. The van der Waals surface area contributed by atoms with Gasteiger partial charge in [-0.05, 0) is 48.1 Å². The van der Waals surface area contributed by atoms with Gasteiger partial charge in [0.2, 0.25) is 17.7 Å². The van der Waals surface area contributed by atoms with E-state index in [-0.39, 0.29) is 11.8 Å².